The highest BCUT2D eigenvalue weighted by molar-refractivity contribution is 6.35. The van der Waals surface area contributed by atoms with Crippen molar-refractivity contribution in [3.8, 4) is 0 Å². The average molecular weight is 281 g/mol. The number of carbonyl (C=O) groups is 1. The van der Waals surface area contributed by atoms with Crippen LogP contribution < -0.4 is 5.32 Å². The Labute approximate surface area is 117 Å². The number of hydrogen-bond donors (Lipinski definition) is 1. The maximum absolute atomic E-state index is 11.8. The molecular formula is C14H17ClN2O2. The predicted octanol–water partition coefficient (Wildman–Crippen LogP) is 2.45. The lowest BCUT2D eigenvalue weighted by atomic mass is 10.2. The Morgan fingerprint density at radius 2 is 2.26 bits per heavy atom. The summed E-state index contributed by atoms with van der Waals surface area (Å²) < 4.78 is 6.82. The van der Waals surface area contributed by atoms with Crippen molar-refractivity contribution < 1.29 is 9.53 Å². The first-order valence-corrected chi connectivity index (χ1v) is 6.59. The van der Waals surface area contributed by atoms with E-state index in [0.717, 1.165) is 17.3 Å². The minimum Gasteiger partial charge on any atom is -0.385 e. The predicted molar refractivity (Wildman–Crippen MR) is 76.5 cm³/mol. The molecule has 0 aliphatic heterocycles. The molecule has 4 nitrogen and oxygen atoms in total. The normalized spacial score (nSPS) is 10.8. The zero-order chi connectivity index (χ0) is 13.7. The fourth-order valence-electron chi connectivity index (χ4n) is 1.98. The Bertz CT molecular complexity index is 566. The number of amides is 1. The molecule has 0 atom stereocenters. The van der Waals surface area contributed by atoms with Crippen LogP contribution in [0.2, 0.25) is 5.02 Å². The number of aromatic nitrogens is 1. The number of nitrogens with zero attached hydrogens (tertiary/aromatic N) is 1. The van der Waals surface area contributed by atoms with Gasteiger partial charge in [-0.3, -0.25) is 4.79 Å². The number of hydrogen-bond acceptors (Lipinski definition) is 2. The van der Waals surface area contributed by atoms with E-state index in [-0.39, 0.29) is 5.91 Å². The van der Waals surface area contributed by atoms with Gasteiger partial charge < -0.3 is 14.6 Å². The third-order valence-electron chi connectivity index (χ3n) is 2.92. The fourth-order valence-corrected chi connectivity index (χ4v) is 2.21. The highest BCUT2D eigenvalue weighted by Crippen LogP contribution is 2.23. The lowest BCUT2D eigenvalue weighted by molar-refractivity contribution is -0.121. The second-order valence-corrected chi connectivity index (χ2v) is 4.72. The molecule has 19 heavy (non-hydrogen) atoms. The van der Waals surface area contributed by atoms with Gasteiger partial charge in [-0.15, -0.1) is 0 Å². The molecule has 0 radical (unpaired) electrons. The summed E-state index contributed by atoms with van der Waals surface area (Å²) in [4.78, 5) is 11.8. The maximum Gasteiger partial charge on any atom is 0.239 e. The van der Waals surface area contributed by atoms with Gasteiger partial charge in [0.05, 0.1) is 0 Å². The van der Waals surface area contributed by atoms with Crippen molar-refractivity contribution in [3.63, 3.8) is 0 Å². The Kier molecular flexibility index (Phi) is 4.82. The topological polar surface area (TPSA) is 43.3 Å². The van der Waals surface area contributed by atoms with Crippen LogP contribution in [-0.2, 0) is 16.1 Å². The molecule has 0 spiro atoms. The van der Waals surface area contributed by atoms with Crippen molar-refractivity contribution in [2.75, 3.05) is 20.3 Å². The van der Waals surface area contributed by atoms with E-state index < -0.39 is 0 Å². The summed E-state index contributed by atoms with van der Waals surface area (Å²) in [6.45, 7) is 1.59. The molecule has 1 N–H and O–H groups in total. The first-order chi connectivity index (χ1) is 9.22. The van der Waals surface area contributed by atoms with Crippen molar-refractivity contribution in [1.82, 2.24) is 9.88 Å². The standard InChI is InChI=1S/C14H17ClN2O2/c1-19-9-3-7-16-14(18)10-17-8-6-11-12(15)4-2-5-13(11)17/h2,4-6,8H,3,7,9-10H2,1H3,(H,16,18). The van der Waals surface area contributed by atoms with Crippen LogP contribution in [0.5, 0.6) is 0 Å². The Balaban J connectivity index is 1.98. The molecular weight excluding hydrogens is 264 g/mol. The van der Waals surface area contributed by atoms with Gasteiger partial charge in [-0.1, -0.05) is 17.7 Å². The van der Waals surface area contributed by atoms with Gasteiger partial charge in [-0.05, 0) is 24.6 Å². The molecule has 0 saturated carbocycles. The zero-order valence-electron chi connectivity index (χ0n) is 10.9. The SMILES string of the molecule is COCCCNC(=O)Cn1ccc2c(Cl)cccc21. The summed E-state index contributed by atoms with van der Waals surface area (Å²) in [6, 6.07) is 7.62. The lowest BCUT2D eigenvalue weighted by Gasteiger charge is -2.07. The van der Waals surface area contributed by atoms with Gasteiger partial charge in [0.1, 0.15) is 6.54 Å². The van der Waals surface area contributed by atoms with Gasteiger partial charge in [-0.2, -0.15) is 0 Å². The quantitative estimate of drug-likeness (QED) is 0.826. The minimum absolute atomic E-state index is 0.00595. The molecule has 1 aromatic carbocycles. The number of ether oxygens (including phenoxy) is 1. The third-order valence-corrected chi connectivity index (χ3v) is 3.25. The molecule has 0 bridgehead atoms. The molecule has 0 aliphatic rings. The molecule has 1 heterocycles. The highest BCUT2D eigenvalue weighted by Gasteiger charge is 2.07. The smallest absolute Gasteiger partial charge is 0.239 e. The van der Waals surface area contributed by atoms with Crippen molar-refractivity contribution >= 4 is 28.4 Å². The monoisotopic (exact) mass is 280 g/mol. The molecule has 102 valence electrons. The van der Waals surface area contributed by atoms with E-state index in [9.17, 15) is 4.79 Å². The number of methoxy groups -OCH3 is 1. The van der Waals surface area contributed by atoms with E-state index in [2.05, 4.69) is 5.32 Å². The molecule has 0 aliphatic carbocycles. The average Bonchev–Trinajstić information content (AvgIpc) is 2.80. The summed E-state index contributed by atoms with van der Waals surface area (Å²) in [5.41, 5.74) is 0.972. The van der Waals surface area contributed by atoms with E-state index in [1.165, 1.54) is 0 Å². The van der Waals surface area contributed by atoms with Gasteiger partial charge in [0, 0.05) is 42.4 Å². The van der Waals surface area contributed by atoms with E-state index >= 15 is 0 Å². The molecule has 0 unspecified atom stereocenters. The number of rotatable bonds is 6. The Morgan fingerprint density at radius 1 is 1.42 bits per heavy atom. The largest absolute Gasteiger partial charge is 0.385 e. The minimum atomic E-state index is -0.00595. The van der Waals surface area contributed by atoms with Crippen LogP contribution in [0.25, 0.3) is 10.9 Å². The van der Waals surface area contributed by atoms with E-state index in [1.54, 1.807) is 7.11 Å². The summed E-state index contributed by atoms with van der Waals surface area (Å²) in [5, 5.41) is 4.54. The fraction of sp³-hybridized carbons (Fsp3) is 0.357. The molecule has 1 aromatic heterocycles. The third kappa shape index (κ3) is 3.49. The molecule has 5 heteroatoms. The summed E-state index contributed by atoms with van der Waals surface area (Å²) in [6.07, 6.45) is 2.70. The number of nitrogens with one attached hydrogen (secondary N) is 1. The van der Waals surface area contributed by atoms with Crippen LogP contribution in [-0.4, -0.2) is 30.7 Å². The lowest BCUT2D eigenvalue weighted by Crippen LogP contribution is -2.28. The highest BCUT2D eigenvalue weighted by atomic mass is 35.5. The molecule has 1 amide bonds. The van der Waals surface area contributed by atoms with E-state index in [1.807, 2.05) is 35.0 Å². The first-order valence-electron chi connectivity index (χ1n) is 6.21. The Hall–Kier alpha value is -1.52. The van der Waals surface area contributed by atoms with E-state index in [0.29, 0.717) is 24.7 Å². The zero-order valence-corrected chi connectivity index (χ0v) is 11.6. The van der Waals surface area contributed by atoms with Gasteiger partial charge >= 0.3 is 0 Å². The number of halogens is 1. The maximum atomic E-state index is 11.8. The molecule has 2 aromatic rings. The van der Waals surface area contributed by atoms with Crippen LogP contribution in [0, 0.1) is 0 Å². The summed E-state index contributed by atoms with van der Waals surface area (Å²) in [5.74, 6) is -0.00595. The Morgan fingerprint density at radius 3 is 3.05 bits per heavy atom. The van der Waals surface area contributed by atoms with Gasteiger partial charge in [0.15, 0.2) is 0 Å². The second kappa shape index (κ2) is 6.59. The van der Waals surface area contributed by atoms with Crippen molar-refractivity contribution in [2.45, 2.75) is 13.0 Å². The van der Waals surface area contributed by atoms with Gasteiger partial charge in [0.2, 0.25) is 5.91 Å². The van der Waals surface area contributed by atoms with Gasteiger partial charge in [0.25, 0.3) is 0 Å². The van der Waals surface area contributed by atoms with Crippen LogP contribution >= 0.6 is 11.6 Å². The summed E-state index contributed by atoms with van der Waals surface area (Å²) in [7, 11) is 1.65. The van der Waals surface area contributed by atoms with Crippen LogP contribution in [0.3, 0.4) is 0 Å². The second-order valence-electron chi connectivity index (χ2n) is 4.31. The summed E-state index contributed by atoms with van der Waals surface area (Å²) >= 11 is 6.10. The molecule has 2 rings (SSSR count). The number of benzene rings is 1. The van der Waals surface area contributed by atoms with Crippen molar-refractivity contribution in [3.05, 3.63) is 35.5 Å². The molecule has 0 saturated heterocycles. The van der Waals surface area contributed by atoms with Crippen LogP contribution in [0.15, 0.2) is 30.5 Å². The molecule has 0 fully saturated rings. The van der Waals surface area contributed by atoms with Gasteiger partial charge in [-0.25, -0.2) is 0 Å². The van der Waals surface area contributed by atoms with E-state index in [4.69, 9.17) is 16.3 Å². The first kappa shape index (κ1) is 13.9. The van der Waals surface area contributed by atoms with Crippen LogP contribution in [0.4, 0.5) is 0 Å². The number of carbonyl (C=O) groups excluding carboxylic acids is 1. The van der Waals surface area contributed by atoms with Crippen molar-refractivity contribution in [2.24, 2.45) is 0 Å². The van der Waals surface area contributed by atoms with Crippen LogP contribution in [0.1, 0.15) is 6.42 Å². The number of fused-ring (bicyclic) bond motifs is 1. The van der Waals surface area contributed by atoms with Crippen molar-refractivity contribution in [1.29, 1.82) is 0 Å².